The first-order chi connectivity index (χ1) is 8.33. The molecule has 2 aromatic carbocycles. The molecule has 2 rings (SSSR count). The predicted molar refractivity (Wildman–Crippen MR) is 76.5 cm³/mol. The molecule has 0 N–H and O–H groups in total. The van der Waals surface area contributed by atoms with E-state index >= 15 is 0 Å². The van der Waals surface area contributed by atoms with Gasteiger partial charge in [0.2, 0.25) is 0 Å². The van der Waals surface area contributed by atoms with Crippen LogP contribution in [0.3, 0.4) is 0 Å². The van der Waals surface area contributed by atoms with Crippen LogP contribution in [0.2, 0.25) is 0 Å². The van der Waals surface area contributed by atoms with Crippen LogP contribution < -0.4 is 0 Å². The highest BCUT2D eigenvalue weighted by atomic mass is 32.2. The number of benzene rings is 2. The van der Waals surface area contributed by atoms with Crippen molar-refractivity contribution < 1.29 is 0 Å². The van der Waals surface area contributed by atoms with Gasteiger partial charge in [0, 0.05) is 0 Å². The van der Waals surface area contributed by atoms with E-state index in [4.69, 9.17) is 0 Å². The van der Waals surface area contributed by atoms with Gasteiger partial charge in [-0.3, -0.25) is 0 Å². The Bertz CT molecular complexity index is 396. The normalized spacial score (nSPS) is 12.6. The smallest absolute Gasteiger partial charge is 0.0619 e. The second kappa shape index (κ2) is 5.92. The fraction of sp³-hybridized carbons (Fsp3) is 0.250. The van der Waals surface area contributed by atoms with E-state index in [2.05, 4.69) is 74.5 Å². The van der Waals surface area contributed by atoms with Crippen molar-refractivity contribution in [3.63, 3.8) is 0 Å². The maximum Gasteiger partial charge on any atom is 0.160 e. The Labute approximate surface area is 107 Å². The molecule has 1 atom stereocenters. The summed E-state index contributed by atoms with van der Waals surface area (Å²) in [5.41, 5.74) is 0. The standard InChI is InChI=1S/C16H19S/c1-3-14(2)17(15-10-6-4-7-11-15)16-12-8-5-9-13-16/h4-14H,3H2,1-2H3/q+1. The molecule has 0 nitrogen and oxygen atoms in total. The van der Waals surface area contributed by atoms with Crippen molar-refractivity contribution in [2.75, 3.05) is 0 Å². The van der Waals surface area contributed by atoms with E-state index in [1.165, 1.54) is 16.2 Å². The summed E-state index contributed by atoms with van der Waals surface area (Å²) in [6, 6.07) is 21.7. The highest BCUT2D eigenvalue weighted by Gasteiger charge is 2.30. The van der Waals surface area contributed by atoms with Crippen LogP contribution in [0.25, 0.3) is 0 Å². The molecule has 0 heterocycles. The van der Waals surface area contributed by atoms with E-state index in [1.54, 1.807) is 0 Å². The van der Waals surface area contributed by atoms with Crippen LogP contribution in [0.5, 0.6) is 0 Å². The average molecular weight is 243 g/mol. The fourth-order valence-corrected chi connectivity index (χ4v) is 4.34. The molecule has 0 bridgehead atoms. The molecule has 2 aromatic rings. The van der Waals surface area contributed by atoms with E-state index in [1.807, 2.05) is 0 Å². The van der Waals surface area contributed by atoms with E-state index in [0.717, 1.165) is 0 Å². The van der Waals surface area contributed by atoms with Crippen molar-refractivity contribution in [3.8, 4) is 0 Å². The van der Waals surface area contributed by atoms with Gasteiger partial charge in [0.05, 0.1) is 10.9 Å². The molecule has 0 aliphatic rings. The largest absolute Gasteiger partial charge is 0.160 e. The van der Waals surface area contributed by atoms with Crippen molar-refractivity contribution >= 4 is 10.9 Å². The van der Waals surface area contributed by atoms with E-state index in [9.17, 15) is 0 Å². The number of hydrogen-bond donors (Lipinski definition) is 0. The van der Waals surface area contributed by atoms with Crippen molar-refractivity contribution in [1.29, 1.82) is 0 Å². The zero-order valence-electron chi connectivity index (χ0n) is 10.5. The third kappa shape index (κ3) is 2.92. The van der Waals surface area contributed by atoms with Crippen molar-refractivity contribution in [1.82, 2.24) is 0 Å². The van der Waals surface area contributed by atoms with Gasteiger partial charge in [-0.15, -0.1) is 0 Å². The van der Waals surface area contributed by atoms with Gasteiger partial charge in [-0.05, 0) is 37.6 Å². The summed E-state index contributed by atoms with van der Waals surface area (Å²) in [7, 11) is 0.204. The molecule has 0 amide bonds. The van der Waals surface area contributed by atoms with Crippen molar-refractivity contribution in [3.05, 3.63) is 60.7 Å². The fourth-order valence-electron chi connectivity index (χ4n) is 1.90. The Kier molecular flexibility index (Phi) is 4.27. The summed E-state index contributed by atoms with van der Waals surface area (Å²) in [6.45, 7) is 4.62. The second-order valence-corrected chi connectivity index (χ2v) is 6.61. The Balaban J connectivity index is 2.39. The maximum absolute atomic E-state index is 2.35. The molecule has 0 aliphatic carbocycles. The molecule has 1 heteroatoms. The molecule has 0 saturated heterocycles. The molecule has 0 saturated carbocycles. The highest BCUT2D eigenvalue weighted by molar-refractivity contribution is 7.97. The minimum absolute atomic E-state index is 0.204. The monoisotopic (exact) mass is 243 g/mol. The summed E-state index contributed by atoms with van der Waals surface area (Å²) in [5.74, 6) is 0. The molecule has 0 fully saturated rings. The Hall–Kier alpha value is -1.21. The van der Waals surface area contributed by atoms with Crippen molar-refractivity contribution in [2.24, 2.45) is 0 Å². The van der Waals surface area contributed by atoms with Crippen LogP contribution in [-0.4, -0.2) is 5.25 Å². The lowest BCUT2D eigenvalue weighted by Gasteiger charge is -2.13. The van der Waals surface area contributed by atoms with Gasteiger partial charge in [0.1, 0.15) is 5.25 Å². The third-order valence-electron chi connectivity index (χ3n) is 2.97. The van der Waals surface area contributed by atoms with Gasteiger partial charge in [-0.25, -0.2) is 0 Å². The summed E-state index contributed by atoms with van der Waals surface area (Å²) in [5, 5.41) is 0.694. The molecule has 0 aliphatic heterocycles. The molecular formula is C16H19S+. The molecule has 0 spiro atoms. The topological polar surface area (TPSA) is 0 Å². The lowest BCUT2D eigenvalue weighted by molar-refractivity contribution is 0.892. The van der Waals surface area contributed by atoms with Gasteiger partial charge in [0.15, 0.2) is 9.79 Å². The minimum Gasteiger partial charge on any atom is -0.0619 e. The van der Waals surface area contributed by atoms with Gasteiger partial charge >= 0.3 is 0 Å². The zero-order chi connectivity index (χ0) is 12.1. The van der Waals surface area contributed by atoms with E-state index in [0.29, 0.717) is 5.25 Å². The molecule has 0 radical (unpaired) electrons. The average Bonchev–Trinajstić information content (AvgIpc) is 2.41. The first kappa shape index (κ1) is 12.3. The van der Waals surface area contributed by atoms with Gasteiger partial charge in [-0.1, -0.05) is 43.3 Å². The van der Waals surface area contributed by atoms with Crippen LogP contribution in [0.1, 0.15) is 20.3 Å². The summed E-state index contributed by atoms with van der Waals surface area (Å²) >= 11 is 0. The summed E-state index contributed by atoms with van der Waals surface area (Å²) in [4.78, 5) is 2.90. The lowest BCUT2D eigenvalue weighted by Crippen LogP contribution is -2.18. The lowest BCUT2D eigenvalue weighted by atomic mass is 10.4. The molecule has 17 heavy (non-hydrogen) atoms. The van der Waals surface area contributed by atoms with Gasteiger partial charge < -0.3 is 0 Å². The predicted octanol–water partition coefficient (Wildman–Crippen LogP) is 4.52. The Morgan fingerprint density at radius 2 is 1.24 bits per heavy atom. The maximum atomic E-state index is 2.35. The van der Waals surface area contributed by atoms with Gasteiger partial charge in [-0.2, -0.15) is 0 Å². The number of rotatable bonds is 4. The summed E-state index contributed by atoms with van der Waals surface area (Å²) < 4.78 is 0. The second-order valence-electron chi connectivity index (χ2n) is 4.18. The van der Waals surface area contributed by atoms with Crippen LogP contribution in [0, 0.1) is 0 Å². The molecule has 0 aromatic heterocycles. The van der Waals surface area contributed by atoms with Gasteiger partial charge in [0.25, 0.3) is 0 Å². The quantitative estimate of drug-likeness (QED) is 0.693. The Morgan fingerprint density at radius 1 is 0.824 bits per heavy atom. The third-order valence-corrected chi connectivity index (χ3v) is 5.67. The number of hydrogen-bond acceptors (Lipinski definition) is 0. The van der Waals surface area contributed by atoms with Crippen LogP contribution in [-0.2, 0) is 10.9 Å². The van der Waals surface area contributed by atoms with Crippen LogP contribution >= 0.6 is 0 Å². The van der Waals surface area contributed by atoms with Crippen LogP contribution in [0.15, 0.2) is 70.5 Å². The SMILES string of the molecule is CCC(C)[S+](c1ccccc1)c1ccccc1. The van der Waals surface area contributed by atoms with E-state index < -0.39 is 0 Å². The zero-order valence-corrected chi connectivity index (χ0v) is 11.3. The van der Waals surface area contributed by atoms with Crippen molar-refractivity contribution in [2.45, 2.75) is 35.3 Å². The molecule has 88 valence electrons. The highest BCUT2D eigenvalue weighted by Crippen LogP contribution is 2.28. The first-order valence-corrected chi connectivity index (χ1v) is 7.45. The van der Waals surface area contributed by atoms with Crippen LogP contribution in [0.4, 0.5) is 0 Å². The minimum atomic E-state index is 0.204. The Morgan fingerprint density at radius 3 is 1.59 bits per heavy atom. The van der Waals surface area contributed by atoms with E-state index in [-0.39, 0.29) is 10.9 Å². The molecule has 1 unspecified atom stereocenters. The summed E-state index contributed by atoms with van der Waals surface area (Å²) in [6.07, 6.45) is 1.22. The first-order valence-electron chi connectivity index (χ1n) is 6.16. The molecular weight excluding hydrogens is 224 g/mol.